The minimum Gasteiger partial charge on any atom is -0.477 e. The minimum atomic E-state index is -1.14. The standard InChI is InChI=1S/C12H11F2NO2/c1-3-15-10(12(16)17)6(2)8-4-7(13)5-9(14)11(8)15/h4-5H,3H2,1-2H3,(H,16,17). The molecular formula is C12H11F2NO2. The summed E-state index contributed by atoms with van der Waals surface area (Å²) in [5.41, 5.74) is 0.531. The van der Waals surface area contributed by atoms with Gasteiger partial charge in [-0.15, -0.1) is 0 Å². The van der Waals surface area contributed by atoms with Crippen LogP contribution in [0, 0.1) is 18.6 Å². The van der Waals surface area contributed by atoms with E-state index in [9.17, 15) is 13.6 Å². The number of nitrogens with zero attached hydrogens (tertiary/aromatic N) is 1. The van der Waals surface area contributed by atoms with Crippen molar-refractivity contribution < 1.29 is 18.7 Å². The summed E-state index contributed by atoms with van der Waals surface area (Å²) in [6.45, 7) is 3.58. The van der Waals surface area contributed by atoms with Crippen LogP contribution in [0.15, 0.2) is 12.1 Å². The molecule has 0 amide bonds. The highest BCUT2D eigenvalue weighted by molar-refractivity contribution is 5.98. The van der Waals surface area contributed by atoms with Gasteiger partial charge in [0.2, 0.25) is 0 Å². The Morgan fingerprint density at radius 2 is 2.06 bits per heavy atom. The lowest BCUT2D eigenvalue weighted by Gasteiger charge is -2.05. The summed E-state index contributed by atoms with van der Waals surface area (Å²) in [7, 11) is 0. The molecule has 5 heteroatoms. The molecular weight excluding hydrogens is 228 g/mol. The van der Waals surface area contributed by atoms with E-state index in [0.29, 0.717) is 17.5 Å². The van der Waals surface area contributed by atoms with Crippen molar-refractivity contribution in [3.8, 4) is 0 Å². The fourth-order valence-corrected chi connectivity index (χ4v) is 2.16. The van der Waals surface area contributed by atoms with Crippen molar-refractivity contribution in [2.45, 2.75) is 20.4 Å². The van der Waals surface area contributed by atoms with Crippen LogP contribution in [-0.2, 0) is 6.54 Å². The maximum Gasteiger partial charge on any atom is 0.352 e. The molecule has 0 bridgehead atoms. The summed E-state index contributed by atoms with van der Waals surface area (Å²) in [6.07, 6.45) is 0. The minimum absolute atomic E-state index is 0.00648. The fraction of sp³-hybridized carbons (Fsp3) is 0.250. The number of benzene rings is 1. The zero-order chi connectivity index (χ0) is 12.7. The second kappa shape index (κ2) is 3.84. The van der Waals surface area contributed by atoms with E-state index in [4.69, 9.17) is 5.11 Å². The highest BCUT2D eigenvalue weighted by atomic mass is 19.1. The molecule has 0 atom stereocenters. The quantitative estimate of drug-likeness (QED) is 0.875. The van der Waals surface area contributed by atoms with Crippen LogP contribution in [-0.4, -0.2) is 15.6 Å². The largest absolute Gasteiger partial charge is 0.477 e. The van der Waals surface area contributed by atoms with Crippen molar-refractivity contribution in [1.29, 1.82) is 0 Å². The van der Waals surface area contributed by atoms with Crippen molar-refractivity contribution in [3.05, 3.63) is 35.0 Å². The van der Waals surface area contributed by atoms with Gasteiger partial charge in [-0.05, 0) is 25.5 Å². The van der Waals surface area contributed by atoms with Gasteiger partial charge in [0.1, 0.15) is 17.3 Å². The Kier molecular flexibility index (Phi) is 2.61. The van der Waals surface area contributed by atoms with E-state index in [2.05, 4.69) is 0 Å². The molecule has 1 heterocycles. The van der Waals surface area contributed by atoms with Gasteiger partial charge < -0.3 is 9.67 Å². The Labute approximate surface area is 96.3 Å². The van der Waals surface area contributed by atoms with Crippen LogP contribution >= 0.6 is 0 Å². The topological polar surface area (TPSA) is 42.2 Å². The molecule has 1 N–H and O–H groups in total. The molecule has 0 radical (unpaired) electrons. The van der Waals surface area contributed by atoms with E-state index >= 15 is 0 Å². The number of aromatic carboxylic acids is 1. The zero-order valence-corrected chi connectivity index (χ0v) is 9.42. The van der Waals surface area contributed by atoms with Crippen LogP contribution < -0.4 is 0 Å². The number of aromatic nitrogens is 1. The third-order valence-electron chi connectivity index (χ3n) is 2.85. The summed E-state index contributed by atoms with van der Waals surface area (Å²) in [6, 6.07) is 1.92. The van der Waals surface area contributed by atoms with Gasteiger partial charge in [0.25, 0.3) is 0 Å². The molecule has 0 aliphatic carbocycles. The van der Waals surface area contributed by atoms with E-state index in [-0.39, 0.29) is 11.2 Å². The fourth-order valence-electron chi connectivity index (χ4n) is 2.16. The number of halogens is 2. The molecule has 0 saturated heterocycles. The lowest BCUT2D eigenvalue weighted by Crippen LogP contribution is -2.08. The highest BCUT2D eigenvalue weighted by Crippen LogP contribution is 2.28. The van der Waals surface area contributed by atoms with E-state index in [0.717, 1.165) is 12.1 Å². The number of fused-ring (bicyclic) bond motifs is 1. The Balaban J connectivity index is 2.99. The monoisotopic (exact) mass is 239 g/mol. The number of rotatable bonds is 2. The van der Waals surface area contributed by atoms with E-state index < -0.39 is 17.6 Å². The van der Waals surface area contributed by atoms with Gasteiger partial charge in [0, 0.05) is 18.0 Å². The molecule has 0 saturated carbocycles. The first-order valence-electron chi connectivity index (χ1n) is 5.18. The molecule has 0 spiro atoms. The Morgan fingerprint density at radius 1 is 1.41 bits per heavy atom. The van der Waals surface area contributed by atoms with Crippen LogP contribution in [0.3, 0.4) is 0 Å². The number of aryl methyl sites for hydroxylation is 2. The summed E-state index contributed by atoms with van der Waals surface area (Å²) >= 11 is 0. The number of hydrogen-bond acceptors (Lipinski definition) is 1. The van der Waals surface area contributed by atoms with Crippen LogP contribution in [0.25, 0.3) is 10.9 Å². The van der Waals surface area contributed by atoms with Gasteiger partial charge in [-0.25, -0.2) is 13.6 Å². The summed E-state index contributed by atoms with van der Waals surface area (Å²) in [5.74, 6) is -2.58. The zero-order valence-electron chi connectivity index (χ0n) is 9.42. The third-order valence-corrected chi connectivity index (χ3v) is 2.85. The van der Waals surface area contributed by atoms with Crippen molar-refractivity contribution in [2.24, 2.45) is 0 Å². The van der Waals surface area contributed by atoms with Crippen LogP contribution in [0.1, 0.15) is 23.0 Å². The van der Waals surface area contributed by atoms with E-state index in [1.807, 2.05) is 0 Å². The van der Waals surface area contributed by atoms with E-state index in [1.54, 1.807) is 13.8 Å². The molecule has 1 aromatic carbocycles. The first-order chi connectivity index (χ1) is 7.97. The molecule has 0 aliphatic rings. The predicted molar refractivity (Wildman–Crippen MR) is 59.2 cm³/mol. The van der Waals surface area contributed by atoms with Crippen LogP contribution in [0.2, 0.25) is 0 Å². The summed E-state index contributed by atoms with van der Waals surface area (Å²) in [4.78, 5) is 11.1. The van der Waals surface area contributed by atoms with Crippen molar-refractivity contribution in [2.75, 3.05) is 0 Å². The molecule has 0 fully saturated rings. The molecule has 0 aliphatic heterocycles. The smallest absolute Gasteiger partial charge is 0.352 e. The lowest BCUT2D eigenvalue weighted by molar-refractivity contribution is 0.0685. The molecule has 2 rings (SSSR count). The Morgan fingerprint density at radius 3 is 2.59 bits per heavy atom. The number of carboxylic acids is 1. The van der Waals surface area contributed by atoms with Crippen molar-refractivity contribution in [1.82, 2.24) is 4.57 Å². The maximum atomic E-state index is 13.7. The lowest BCUT2D eigenvalue weighted by atomic mass is 10.1. The second-order valence-electron chi connectivity index (χ2n) is 3.81. The highest BCUT2D eigenvalue weighted by Gasteiger charge is 2.21. The third kappa shape index (κ3) is 1.58. The van der Waals surface area contributed by atoms with Gasteiger partial charge in [-0.3, -0.25) is 0 Å². The van der Waals surface area contributed by atoms with Crippen molar-refractivity contribution >= 4 is 16.9 Å². The molecule has 1 aromatic heterocycles. The second-order valence-corrected chi connectivity index (χ2v) is 3.81. The molecule has 0 unspecified atom stereocenters. The first kappa shape index (κ1) is 11.6. The maximum absolute atomic E-state index is 13.7. The average Bonchev–Trinajstić information content (AvgIpc) is 2.52. The molecule has 3 nitrogen and oxygen atoms in total. The SMILES string of the molecule is CCn1c(C(=O)O)c(C)c2cc(F)cc(F)c21. The van der Waals surface area contributed by atoms with Gasteiger partial charge in [0.15, 0.2) is 0 Å². The Bertz CT molecular complexity index is 617. The van der Waals surface area contributed by atoms with Crippen LogP contribution in [0.5, 0.6) is 0 Å². The summed E-state index contributed by atoms with van der Waals surface area (Å²) in [5, 5.41) is 9.41. The molecule has 90 valence electrons. The Hall–Kier alpha value is -1.91. The normalized spacial score (nSPS) is 11.1. The number of carbonyl (C=O) groups is 1. The van der Waals surface area contributed by atoms with Gasteiger partial charge in [0.05, 0.1) is 5.52 Å². The van der Waals surface area contributed by atoms with Crippen molar-refractivity contribution in [3.63, 3.8) is 0 Å². The molecule has 2 aromatic rings. The number of hydrogen-bond donors (Lipinski definition) is 1. The van der Waals surface area contributed by atoms with E-state index in [1.165, 1.54) is 4.57 Å². The van der Waals surface area contributed by atoms with Gasteiger partial charge in [-0.2, -0.15) is 0 Å². The number of carboxylic acid groups (broad SMARTS) is 1. The summed E-state index contributed by atoms with van der Waals surface area (Å²) < 4.78 is 28.2. The van der Waals surface area contributed by atoms with Gasteiger partial charge >= 0.3 is 5.97 Å². The average molecular weight is 239 g/mol. The molecule has 17 heavy (non-hydrogen) atoms. The predicted octanol–water partition coefficient (Wildman–Crippen LogP) is 2.95. The first-order valence-corrected chi connectivity index (χ1v) is 5.18. The van der Waals surface area contributed by atoms with Crippen LogP contribution in [0.4, 0.5) is 8.78 Å². The van der Waals surface area contributed by atoms with Gasteiger partial charge in [-0.1, -0.05) is 0 Å².